The molecule has 0 radical (unpaired) electrons. The van der Waals surface area contributed by atoms with E-state index in [-0.39, 0.29) is 0 Å². The molecule has 3 heteroatoms. The molecule has 0 aromatic heterocycles. The molecule has 1 fully saturated rings. The van der Waals surface area contributed by atoms with Crippen molar-refractivity contribution in [3.8, 4) is 0 Å². The van der Waals surface area contributed by atoms with Crippen LogP contribution in [0.25, 0.3) is 0 Å². The molecule has 2 aliphatic heterocycles. The topological polar surface area (TPSA) is 18.5 Å². The van der Waals surface area contributed by atoms with E-state index in [4.69, 9.17) is 0 Å². The molecule has 3 rings (SSSR count). The molecule has 0 saturated carbocycles. The standard InChI is InChI=1S/C17H27N3/c1-14(2)13-19-7-9-20(10-8-19)16-11-15-5-3-4-6-17(15)18-12-16/h3-6,14,16,18H,7-13H2,1-2H3. The minimum atomic E-state index is 0.672. The Morgan fingerprint density at radius 3 is 2.65 bits per heavy atom. The third-order valence-electron chi connectivity index (χ3n) is 4.55. The second kappa shape index (κ2) is 6.15. The van der Waals surface area contributed by atoms with Crippen molar-refractivity contribution in [3.05, 3.63) is 29.8 Å². The second-order valence-corrected chi connectivity index (χ2v) is 6.63. The molecular weight excluding hydrogens is 246 g/mol. The molecule has 1 N–H and O–H groups in total. The van der Waals surface area contributed by atoms with Gasteiger partial charge in [-0.1, -0.05) is 32.0 Å². The number of anilines is 1. The number of benzene rings is 1. The quantitative estimate of drug-likeness (QED) is 0.911. The van der Waals surface area contributed by atoms with Gasteiger partial charge in [0.1, 0.15) is 0 Å². The molecule has 1 aromatic carbocycles. The van der Waals surface area contributed by atoms with Gasteiger partial charge in [0, 0.05) is 51.0 Å². The fourth-order valence-corrected chi connectivity index (χ4v) is 3.51. The lowest BCUT2D eigenvalue weighted by Crippen LogP contribution is -2.54. The van der Waals surface area contributed by atoms with Crippen molar-refractivity contribution >= 4 is 5.69 Å². The van der Waals surface area contributed by atoms with Gasteiger partial charge < -0.3 is 10.2 Å². The highest BCUT2D eigenvalue weighted by Crippen LogP contribution is 2.24. The van der Waals surface area contributed by atoms with Crippen molar-refractivity contribution in [2.24, 2.45) is 5.92 Å². The van der Waals surface area contributed by atoms with Gasteiger partial charge in [-0.15, -0.1) is 0 Å². The van der Waals surface area contributed by atoms with E-state index in [1.54, 1.807) is 0 Å². The van der Waals surface area contributed by atoms with Crippen molar-refractivity contribution in [2.75, 3.05) is 44.6 Å². The molecule has 0 spiro atoms. The summed E-state index contributed by atoms with van der Waals surface area (Å²) >= 11 is 0. The molecule has 0 bridgehead atoms. The maximum Gasteiger partial charge on any atom is 0.0373 e. The highest BCUT2D eigenvalue weighted by Gasteiger charge is 2.26. The number of hydrogen-bond acceptors (Lipinski definition) is 3. The number of para-hydroxylation sites is 1. The third kappa shape index (κ3) is 3.15. The van der Waals surface area contributed by atoms with E-state index in [0.29, 0.717) is 6.04 Å². The van der Waals surface area contributed by atoms with Gasteiger partial charge in [-0.05, 0) is 24.0 Å². The molecule has 1 aromatic rings. The molecule has 1 unspecified atom stereocenters. The second-order valence-electron chi connectivity index (χ2n) is 6.63. The van der Waals surface area contributed by atoms with Gasteiger partial charge in [0.05, 0.1) is 0 Å². The first-order valence-corrected chi connectivity index (χ1v) is 8.00. The predicted octanol–water partition coefficient (Wildman–Crippen LogP) is 2.30. The Hall–Kier alpha value is -1.06. The maximum atomic E-state index is 3.60. The number of rotatable bonds is 3. The van der Waals surface area contributed by atoms with Crippen LogP contribution in [0.3, 0.4) is 0 Å². The molecule has 2 aliphatic rings. The zero-order valence-corrected chi connectivity index (χ0v) is 12.8. The Morgan fingerprint density at radius 1 is 1.15 bits per heavy atom. The molecule has 110 valence electrons. The van der Waals surface area contributed by atoms with Gasteiger partial charge >= 0.3 is 0 Å². The van der Waals surface area contributed by atoms with Crippen molar-refractivity contribution in [2.45, 2.75) is 26.3 Å². The molecular formula is C17H27N3. The van der Waals surface area contributed by atoms with Gasteiger partial charge in [0.15, 0.2) is 0 Å². The largest absolute Gasteiger partial charge is 0.383 e. The van der Waals surface area contributed by atoms with Crippen molar-refractivity contribution in [1.82, 2.24) is 9.80 Å². The minimum absolute atomic E-state index is 0.672. The van der Waals surface area contributed by atoms with Crippen LogP contribution in [0.1, 0.15) is 19.4 Å². The van der Waals surface area contributed by atoms with E-state index >= 15 is 0 Å². The first kappa shape index (κ1) is 13.9. The summed E-state index contributed by atoms with van der Waals surface area (Å²) in [7, 11) is 0. The fraction of sp³-hybridized carbons (Fsp3) is 0.647. The van der Waals surface area contributed by atoms with Crippen LogP contribution in [-0.2, 0) is 6.42 Å². The van der Waals surface area contributed by atoms with Crippen molar-refractivity contribution in [3.63, 3.8) is 0 Å². The van der Waals surface area contributed by atoms with Crippen LogP contribution in [0.5, 0.6) is 0 Å². The third-order valence-corrected chi connectivity index (χ3v) is 4.55. The average molecular weight is 273 g/mol. The fourth-order valence-electron chi connectivity index (χ4n) is 3.51. The van der Waals surface area contributed by atoms with E-state index < -0.39 is 0 Å². The summed E-state index contributed by atoms with van der Waals surface area (Å²) < 4.78 is 0. The van der Waals surface area contributed by atoms with E-state index in [1.165, 1.54) is 50.4 Å². The van der Waals surface area contributed by atoms with Crippen LogP contribution in [0.2, 0.25) is 0 Å². The summed E-state index contributed by atoms with van der Waals surface area (Å²) in [5.41, 5.74) is 2.82. The first-order valence-electron chi connectivity index (χ1n) is 8.00. The summed E-state index contributed by atoms with van der Waals surface area (Å²) in [6, 6.07) is 9.42. The summed E-state index contributed by atoms with van der Waals surface area (Å²) in [5.74, 6) is 0.782. The lowest BCUT2D eigenvalue weighted by Gasteiger charge is -2.41. The maximum absolute atomic E-state index is 3.60. The van der Waals surface area contributed by atoms with E-state index in [0.717, 1.165) is 12.5 Å². The molecule has 0 aliphatic carbocycles. The molecule has 20 heavy (non-hydrogen) atoms. The Labute approximate surface area is 123 Å². The zero-order chi connectivity index (χ0) is 13.9. The number of fused-ring (bicyclic) bond motifs is 1. The normalized spacial score (nSPS) is 24.4. The van der Waals surface area contributed by atoms with Crippen LogP contribution in [-0.4, -0.2) is 55.1 Å². The minimum Gasteiger partial charge on any atom is -0.383 e. The molecule has 1 atom stereocenters. The monoisotopic (exact) mass is 273 g/mol. The van der Waals surface area contributed by atoms with Crippen LogP contribution in [0, 0.1) is 5.92 Å². The summed E-state index contributed by atoms with van der Waals surface area (Å²) in [6.07, 6.45) is 1.20. The van der Waals surface area contributed by atoms with Crippen LogP contribution in [0.4, 0.5) is 5.69 Å². The Morgan fingerprint density at radius 2 is 1.90 bits per heavy atom. The lowest BCUT2D eigenvalue weighted by molar-refractivity contribution is 0.0917. The van der Waals surface area contributed by atoms with Gasteiger partial charge in [0.25, 0.3) is 0 Å². The summed E-state index contributed by atoms with van der Waals surface area (Å²) in [6.45, 7) is 11.9. The SMILES string of the molecule is CC(C)CN1CCN(C2CNc3ccccc3C2)CC1. The summed E-state index contributed by atoms with van der Waals surface area (Å²) in [4.78, 5) is 5.30. The lowest BCUT2D eigenvalue weighted by atomic mass is 9.98. The van der Waals surface area contributed by atoms with E-state index in [1.807, 2.05) is 0 Å². The van der Waals surface area contributed by atoms with Crippen LogP contribution in [0.15, 0.2) is 24.3 Å². The van der Waals surface area contributed by atoms with Crippen molar-refractivity contribution < 1.29 is 0 Å². The van der Waals surface area contributed by atoms with E-state index in [2.05, 4.69) is 53.2 Å². The highest BCUT2D eigenvalue weighted by molar-refractivity contribution is 5.53. The number of nitrogens with one attached hydrogen (secondary N) is 1. The predicted molar refractivity (Wildman–Crippen MR) is 85.3 cm³/mol. The highest BCUT2D eigenvalue weighted by atomic mass is 15.3. The van der Waals surface area contributed by atoms with Crippen molar-refractivity contribution in [1.29, 1.82) is 0 Å². The number of hydrogen-bond donors (Lipinski definition) is 1. The molecule has 1 saturated heterocycles. The Bertz CT molecular complexity index is 436. The van der Waals surface area contributed by atoms with Gasteiger partial charge in [0.2, 0.25) is 0 Å². The van der Waals surface area contributed by atoms with Gasteiger partial charge in [-0.2, -0.15) is 0 Å². The Kier molecular flexibility index (Phi) is 4.27. The van der Waals surface area contributed by atoms with Crippen LogP contribution < -0.4 is 5.32 Å². The molecule has 0 amide bonds. The molecule has 2 heterocycles. The Balaban J connectivity index is 1.55. The van der Waals surface area contributed by atoms with Gasteiger partial charge in [-0.25, -0.2) is 0 Å². The van der Waals surface area contributed by atoms with E-state index in [9.17, 15) is 0 Å². The van der Waals surface area contributed by atoms with Crippen LogP contribution >= 0.6 is 0 Å². The number of piperazine rings is 1. The molecule has 3 nitrogen and oxygen atoms in total. The van der Waals surface area contributed by atoms with Gasteiger partial charge in [-0.3, -0.25) is 4.90 Å². The average Bonchev–Trinajstić information content (AvgIpc) is 2.47. The number of nitrogens with zero attached hydrogens (tertiary/aromatic N) is 2. The zero-order valence-electron chi connectivity index (χ0n) is 12.8. The first-order chi connectivity index (χ1) is 9.72. The summed E-state index contributed by atoms with van der Waals surface area (Å²) in [5, 5.41) is 3.60. The smallest absolute Gasteiger partial charge is 0.0373 e.